The molecule has 1 amide bonds. The van der Waals surface area contributed by atoms with Crippen molar-refractivity contribution in [2.24, 2.45) is 0 Å². The van der Waals surface area contributed by atoms with E-state index in [1.807, 2.05) is 0 Å². The van der Waals surface area contributed by atoms with Crippen LogP contribution in [0.1, 0.15) is 303 Å². The number of nitrogens with one attached hydrogen (secondary N) is 1. The zero-order valence-corrected chi connectivity index (χ0v) is 45.9. The van der Waals surface area contributed by atoms with E-state index >= 15 is 0 Å². The molecule has 0 aliphatic rings. The molecule has 0 radical (unpaired) electrons. The third-order valence-corrected chi connectivity index (χ3v) is 13.6. The van der Waals surface area contributed by atoms with E-state index in [0.717, 1.165) is 96.3 Å². The summed E-state index contributed by atoms with van der Waals surface area (Å²) in [4.78, 5) is 26.3. The lowest BCUT2D eigenvalue weighted by Crippen LogP contribution is -2.46. The van der Waals surface area contributed by atoms with Crippen LogP contribution in [-0.2, 0) is 14.3 Å². The Morgan fingerprint density at radius 2 is 0.783 bits per heavy atom. The van der Waals surface area contributed by atoms with E-state index in [1.165, 1.54) is 161 Å². The Morgan fingerprint density at radius 3 is 1.22 bits per heavy atom. The van der Waals surface area contributed by atoms with Crippen molar-refractivity contribution in [1.29, 1.82) is 0 Å². The summed E-state index contributed by atoms with van der Waals surface area (Å²) in [7, 11) is 0. The molecule has 0 aromatic rings. The number of carbonyl (C=O) groups excluding carboxylic acids is 2. The number of aliphatic hydroxyl groups is 2. The second-order valence-electron chi connectivity index (χ2n) is 20.4. The molecule has 69 heavy (non-hydrogen) atoms. The molecule has 6 nitrogen and oxygen atoms in total. The number of hydrogen-bond donors (Lipinski definition) is 3. The molecule has 0 fully saturated rings. The highest BCUT2D eigenvalue weighted by atomic mass is 16.5. The average Bonchev–Trinajstić information content (AvgIpc) is 3.34. The summed E-state index contributed by atoms with van der Waals surface area (Å²) >= 11 is 0. The second kappa shape index (κ2) is 56.5. The Hall–Kier alpha value is -2.44. The fraction of sp³-hybridized carbons (Fsp3) is 0.810. The maximum absolute atomic E-state index is 13.3. The lowest BCUT2D eigenvalue weighted by atomic mass is 10.0. The first kappa shape index (κ1) is 66.6. The molecule has 0 bridgehead atoms. The molecule has 0 heterocycles. The van der Waals surface area contributed by atoms with Crippen molar-refractivity contribution in [3.8, 4) is 0 Å². The average molecular weight is 967 g/mol. The van der Waals surface area contributed by atoms with Crippen LogP contribution in [0.3, 0.4) is 0 Å². The van der Waals surface area contributed by atoms with Gasteiger partial charge in [-0.1, -0.05) is 261 Å². The number of allylic oxidation sites excluding steroid dienone is 10. The summed E-state index contributed by atoms with van der Waals surface area (Å²) in [5.74, 6) is -0.487. The lowest BCUT2D eigenvalue weighted by molar-refractivity contribution is -0.151. The van der Waals surface area contributed by atoms with Crippen LogP contribution in [0.5, 0.6) is 0 Å². The predicted octanol–water partition coefficient (Wildman–Crippen LogP) is 18.7. The summed E-state index contributed by atoms with van der Waals surface area (Å²) in [5, 5.41) is 23.9. The van der Waals surface area contributed by atoms with Crippen LogP contribution in [0.25, 0.3) is 0 Å². The molecule has 3 unspecified atom stereocenters. The van der Waals surface area contributed by atoms with Crippen molar-refractivity contribution in [1.82, 2.24) is 5.32 Å². The van der Waals surface area contributed by atoms with Gasteiger partial charge >= 0.3 is 5.97 Å². The molecule has 402 valence electrons. The molecule has 0 saturated heterocycles. The Balaban J connectivity index is 4.57. The molecule has 0 aliphatic heterocycles. The minimum atomic E-state index is -0.795. The molecule has 0 rings (SSSR count). The third-order valence-electron chi connectivity index (χ3n) is 13.6. The zero-order chi connectivity index (χ0) is 50.2. The van der Waals surface area contributed by atoms with Gasteiger partial charge in [0.25, 0.3) is 0 Å². The van der Waals surface area contributed by atoms with Gasteiger partial charge in [-0.2, -0.15) is 0 Å². The topological polar surface area (TPSA) is 95.9 Å². The van der Waals surface area contributed by atoms with Gasteiger partial charge in [0.2, 0.25) is 5.91 Å². The number of amides is 1. The van der Waals surface area contributed by atoms with Gasteiger partial charge in [-0.05, 0) is 89.9 Å². The number of esters is 1. The number of unbranched alkanes of at least 4 members (excludes halogenated alkanes) is 32. The quantitative estimate of drug-likeness (QED) is 0.0321. The molecule has 0 aromatic heterocycles. The third kappa shape index (κ3) is 51.7. The van der Waals surface area contributed by atoms with Gasteiger partial charge in [-0.25, -0.2) is 0 Å². The van der Waals surface area contributed by atoms with Gasteiger partial charge in [0.05, 0.1) is 25.2 Å². The van der Waals surface area contributed by atoms with E-state index < -0.39 is 18.2 Å². The highest BCUT2D eigenvalue weighted by molar-refractivity contribution is 5.77. The SMILES string of the molecule is CC/C=C/C/C=C/C/C=C/CCCCCCCCC(=O)OC(CCCCCCCCC/C=C\C/C=C\CCCCC)CC(=O)NC(CO)C(O)CCCCCCCCCCCCCCCCCCC. The molecule has 0 aliphatic carbocycles. The molecule has 0 spiro atoms. The van der Waals surface area contributed by atoms with Crippen molar-refractivity contribution in [3.63, 3.8) is 0 Å². The van der Waals surface area contributed by atoms with Crippen LogP contribution < -0.4 is 5.32 Å². The first-order chi connectivity index (χ1) is 34.0. The maximum Gasteiger partial charge on any atom is 0.306 e. The molecule has 3 N–H and O–H groups in total. The van der Waals surface area contributed by atoms with Gasteiger partial charge in [-0.3, -0.25) is 9.59 Å². The van der Waals surface area contributed by atoms with Crippen LogP contribution in [0.15, 0.2) is 60.8 Å². The molecule has 0 aromatic carbocycles. The number of carbonyl (C=O) groups is 2. The summed E-state index contributed by atoms with van der Waals surface area (Å²) in [6, 6.07) is -0.710. The maximum atomic E-state index is 13.3. The van der Waals surface area contributed by atoms with E-state index in [1.54, 1.807) is 0 Å². The molecular weight excluding hydrogens is 851 g/mol. The smallest absolute Gasteiger partial charge is 0.306 e. The Bertz CT molecular complexity index is 1220. The second-order valence-corrected chi connectivity index (χ2v) is 20.4. The van der Waals surface area contributed by atoms with Crippen LogP contribution in [0.4, 0.5) is 0 Å². The Kier molecular flexibility index (Phi) is 54.5. The first-order valence-electron chi connectivity index (χ1n) is 30.0. The van der Waals surface area contributed by atoms with E-state index in [4.69, 9.17) is 4.74 Å². The summed E-state index contributed by atoms with van der Waals surface area (Å²) < 4.78 is 5.97. The normalized spacial score (nSPS) is 13.5. The minimum absolute atomic E-state index is 0.0668. The summed E-state index contributed by atoms with van der Waals surface area (Å²) in [6.45, 7) is 6.38. The van der Waals surface area contributed by atoms with Gasteiger partial charge < -0.3 is 20.3 Å². The van der Waals surface area contributed by atoms with Gasteiger partial charge in [0.1, 0.15) is 6.10 Å². The predicted molar refractivity (Wildman–Crippen MR) is 301 cm³/mol. The number of hydrogen-bond acceptors (Lipinski definition) is 5. The lowest BCUT2D eigenvalue weighted by Gasteiger charge is -2.24. The van der Waals surface area contributed by atoms with Crippen LogP contribution >= 0.6 is 0 Å². The molecule has 6 heteroatoms. The van der Waals surface area contributed by atoms with Crippen molar-refractivity contribution in [2.75, 3.05) is 6.61 Å². The van der Waals surface area contributed by atoms with Crippen molar-refractivity contribution >= 4 is 11.9 Å². The van der Waals surface area contributed by atoms with Crippen molar-refractivity contribution in [2.45, 2.75) is 322 Å². The van der Waals surface area contributed by atoms with Gasteiger partial charge in [0, 0.05) is 6.42 Å². The summed E-state index contributed by atoms with van der Waals surface area (Å²) in [6.07, 6.45) is 71.4. The van der Waals surface area contributed by atoms with E-state index in [9.17, 15) is 19.8 Å². The standard InChI is InChI=1S/C63H115NO5/c1-4-7-10-13-16-19-22-25-28-31-33-36-39-42-45-48-51-54-59(69-63(68)56-53-50-47-44-41-38-35-30-27-24-21-18-15-12-9-6-3)57-62(67)64-60(58-65)61(66)55-52-49-46-43-40-37-34-32-29-26-23-20-17-14-11-8-5-2/h9,12,16,18-19,21,25,27-28,30,59-61,65-66H,4-8,10-11,13-15,17,20,22-24,26,29,31-58H2,1-3H3,(H,64,67)/b12-9+,19-16-,21-18+,28-25-,30-27+. The zero-order valence-electron chi connectivity index (χ0n) is 45.9. The van der Waals surface area contributed by atoms with Crippen molar-refractivity contribution in [3.05, 3.63) is 60.8 Å². The van der Waals surface area contributed by atoms with Gasteiger partial charge in [-0.15, -0.1) is 0 Å². The number of aliphatic hydroxyl groups excluding tert-OH is 2. The highest BCUT2D eigenvalue weighted by Gasteiger charge is 2.24. The fourth-order valence-electron chi connectivity index (χ4n) is 9.07. The highest BCUT2D eigenvalue weighted by Crippen LogP contribution is 2.19. The number of ether oxygens (including phenoxy) is 1. The van der Waals surface area contributed by atoms with E-state index in [2.05, 4.69) is 86.8 Å². The fourth-order valence-corrected chi connectivity index (χ4v) is 9.07. The van der Waals surface area contributed by atoms with Crippen LogP contribution in [0.2, 0.25) is 0 Å². The van der Waals surface area contributed by atoms with Crippen LogP contribution in [-0.4, -0.2) is 46.9 Å². The molecular formula is C63H115NO5. The molecule has 3 atom stereocenters. The van der Waals surface area contributed by atoms with E-state index in [-0.39, 0.29) is 24.9 Å². The number of rotatable bonds is 54. The largest absolute Gasteiger partial charge is 0.462 e. The van der Waals surface area contributed by atoms with Gasteiger partial charge in [0.15, 0.2) is 0 Å². The minimum Gasteiger partial charge on any atom is -0.462 e. The Labute approximate surface area is 428 Å². The Morgan fingerprint density at radius 1 is 0.435 bits per heavy atom. The first-order valence-corrected chi connectivity index (χ1v) is 30.0. The van der Waals surface area contributed by atoms with Crippen molar-refractivity contribution < 1.29 is 24.5 Å². The summed E-state index contributed by atoms with van der Waals surface area (Å²) in [5.41, 5.74) is 0. The van der Waals surface area contributed by atoms with Crippen LogP contribution in [0, 0.1) is 0 Å². The monoisotopic (exact) mass is 966 g/mol. The van der Waals surface area contributed by atoms with E-state index in [0.29, 0.717) is 19.3 Å². The molecule has 0 saturated carbocycles.